The smallest absolute Gasteiger partial charge is 0.264 e. The molecule has 3 N–H and O–H groups in total. The summed E-state index contributed by atoms with van der Waals surface area (Å²) >= 11 is 1.31. The number of ether oxygens (including phenoxy) is 1. The van der Waals surface area contributed by atoms with Gasteiger partial charge < -0.3 is 10.5 Å². The SMILES string of the molecule is Cc1nnc(NC(=O)COc2cccc(N)c2)s1. The minimum Gasteiger partial charge on any atom is -0.484 e. The van der Waals surface area contributed by atoms with Crippen LogP contribution in [0.2, 0.25) is 0 Å². The maximum atomic E-state index is 11.6. The lowest BCUT2D eigenvalue weighted by atomic mass is 10.3. The number of carbonyl (C=O) groups is 1. The van der Waals surface area contributed by atoms with Gasteiger partial charge in [-0.1, -0.05) is 17.4 Å². The van der Waals surface area contributed by atoms with Gasteiger partial charge >= 0.3 is 0 Å². The predicted octanol–water partition coefficient (Wildman–Crippen LogP) is 1.45. The molecular weight excluding hydrogens is 252 g/mol. The van der Waals surface area contributed by atoms with Crippen molar-refractivity contribution in [3.8, 4) is 5.75 Å². The predicted molar refractivity (Wildman–Crippen MR) is 69.6 cm³/mol. The molecular formula is C11H12N4O2S. The Morgan fingerprint density at radius 1 is 1.50 bits per heavy atom. The van der Waals surface area contributed by atoms with E-state index in [0.29, 0.717) is 16.6 Å². The van der Waals surface area contributed by atoms with E-state index in [1.807, 2.05) is 6.92 Å². The summed E-state index contributed by atoms with van der Waals surface area (Å²) in [5.74, 6) is 0.271. The second-order valence-corrected chi connectivity index (χ2v) is 4.72. The Bertz CT molecular complexity index is 555. The van der Waals surface area contributed by atoms with Crippen molar-refractivity contribution in [1.29, 1.82) is 0 Å². The number of hydrogen-bond acceptors (Lipinski definition) is 6. The molecule has 7 heteroatoms. The van der Waals surface area contributed by atoms with E-state index in [-0.39, 0.29) is 12.5 Å². The fourth-order valence-corrected chi connectivity index (χ4v) is 1.86. The van der Waals surface area contributed by atoms with E-state index in [2.05, 4.69) is 15.5 Å². The number of benzene rings is 1. The standard InChI is InChI=1S/C11H12N4O2S/c1-7-14-15-11(18-7)13-10(16)6-17-9-4-2-3-8(12)5-9/h2-5H,6,12H2,1H3,(H,13,15,16). The van der Waals surface area contributed by atoms with E-state index in [1.54, 1.807) is 24.3 Å². The highest BCUT2D eigenvalue weighted by molar-refractivity contribution is 7.15. The first-order valence-corrected chi connectivity index (χ1v) is 6.03. The van der Waals surface area contributed by atoms with E-state index >= 15 is 0 Å². The molecule has 94 valence electrons. The summed E-state index contributed by atoms with van der Waals surface area (Å²) in [4.78, 5) is 11.6. The van der Waals surface area contributed by atoms with Crippen molar-refractivity contribution in [3.05, 3.63) is 29.3 Å². The second kappa shape index (κ2) is 5.46. The van der Waals surface area contributed by atoms with Gasteiger partial charge in [0.25, 0.3) is 5.91 Å². The number of aromatic nitrogens is 2. The van der Waals surface area contributed by atoms with Crippen LogP contribution < -0.4 is 15.8 Å². The molecule has 0 spiro atoms. The molecule has 2 aromatic rings. The number of amides is 1. The topological polar surface area (TPSA) is 90.1 Å². The molecule has 0 bridgehead atoms. The van der Waals surface area contributed by atoms with E-state index < -0.39 is 0 Å². The van der Waals surface area contributed by atoms with Gasteiger partial charge in [0, 0.05) is 11.8 Å². The number of nitrogen functional groups attached to an aromatic ring is 1. The van der Waals surface area contributed by atoms with Crippen LogP contribution in [0.15, 0.2) is 24.3 Å². The van der Waals surface area contributed by atoms with E-state index in [1.165, 1.54) is 11.3 Å². The molecule has 0 aliphatic carbocycles. The van der Waals surface area contributed by atoms with Crippen LogP contribution in [-0.4, -0.2) is 22.7 Å². The molecule has 1 aromatic carbocycles. The van der Waals surface area contributed by atoms with Crippen LogP contribution in [0.25, 0.3) is 0 Å². The monoisotopic (exact) mass is 264 g/mol. The third kappa shape index (κ3) is 3.42. The zero-order valence-electron chi connectivity index (χ0n) is 9.71. The first kappa shape index (κ1) is 12.3. The molecule has 1 amide bonds. The molecule has 0 saturated heterocycles. The average Bonchev–Trinajstić information content (AvgIpc) is 2.72. The number of rotatable bonds is 4. The normalized spacial score (nSPS) is 10.1. The van der Waals surface area contributed by atoms with Crippen LogP contribution >= 0.6 is 11.3 Å². The molecule has 0 fully saturated rings. The Morgan fingerprint density at radius 3 is 3.00 bits per heavy atom. The molecule has 0 saturated carbocycles. The van der Waals surface area contributed by atoms with E-state index in [4.69, 9.17) is 10.5 Å². The summed E-state index contributed by atoms with van der Waals surface area (Å²) in [5.41, 5.74) is 6.18. The van der Waals surface area contributed by atoms with Crippen LogP contribution in [0.1, 0.15) is 5.01 Å². The minimum absolute atomic E-state index is 0.0952. The molecule has 2 rings (SSSR count). The average molecular weight is 264 g/mol. The van der Waals surface area contributed by atoms with E-state index in [9.17, 15) is 4.79 Å². The lowest BCUT2D eigenvalue weighted by molar-refractivity contribution is -0.118. The lowest BCUT2D eigenvalue weighted by Gasteiger charge is -2.05. The van der Waals surface area contributed by atoms with Gasteiger partial charge in [0.15, 0.2) is 6.61 Å². The van der Waals surface area contributed by atoms with Gasteiger partial charge in [0.1, 0.15) is 10.8 Å². The molecule has 0 aliphatic heterocycles. The maximum absolute atomic E-state index is 11.6. The number of carbonyl (C=O) groups excluding carboxylic acids is 1. The molecule has 0 unspecified atom stereocenters. The van der Waals surface area contributed by atoms with Crippen molar-refractivity contribution < 1.29 is 9.53 Å². The first-order chi connectivity index (χ1) is 8.63. The van der Waals surface area contributed by atoms with Crippen LogP contribution in [-0.2, 0) is 4.79 Å². The highest BCUT2D eigenvalue weighted by Crippen LogP contribution is 2.15. The van der Waals surface area contributed by atoms with Crippen LogP contribution in [0, 0.1) is 6.92 Å². The molecule has 18 heavy (non-hydrogen) atoms. The third-order valence-electron chi connectivity index (χ3n) is 2.00. The van der Waals surface area contributed by atoms with Gasteiger partial charge in [0.05, 0.1) is 0 Å². The van der Waals surface area contributed by atoms with Crippen molar-refractivity contribution in [2.45, 2.75) is 6.92 Å². The minimum atomic E-state index is -0.284. The summed E-state index contributed by atoms with van der Waals surface area (Å²) in [6.07, 6.45) is 0. The van der Waals surface area contributed by atoms with Gasteiger partial charge in [0.2, 0.25) is 5.13 Å². The molecule has 6 nitrogen and oxygen atoms in total. The number of nitrogens with two attached hydrogens (primary N) is 1. The van der Waals surface area contributed by atoms with Crippen molar-refractivity contribution in [2.75, 3.05) is 17.7 Å². The molecule has 1 heterocycles. The van der Waals surface area contributed by atoms with Crippen LogP contribution in [0.4, 0.5) is 10.8 Å². The summed E-state index contributed by atoms with van der Waals surface area (Å²) in [6, 6.07) is 6.90. The Labute approximate surface area is 108 Å². The highest BCUT2D eigenvalue weighted by atomic mass is 32.1. The lowest BCUT2D eigenvalue weighted by Crippen LogP contribution is -2.20. The van der Waals surface area contributed by atoms with Gasteiger partial charge in [-0.2, -0.15) is 0 Å². The van der Waals surface area contributed by atoms with Gasteiger partial charge in [-0.15, -0.1) is 10.2 Å². The van der Waals surface area contributed by atoms with Crippen LogP contribution in [0.5, 0.6) is 5.75 Å². The van der Waals surface area contributed by atoms with Crippen molar-refractivity contribution in [3.63, 3.8) is 0 Å². The fraction of sp³-hybridized carbons (Fsp3) is 0.182. The van der Waals surface area contributed by atoms with E-state index in [0.717, 1.165) is 5.01 Å². The van der Waals surface area contributed by atoms with Crippen molar-refractivity contribution >= 4 is 28.1 Å². The molecule has 1 aromatic heterocycles. The highest BCUT2D eigenvalue weighted by Gasteiger charge is 2.07. The maximum Gasteiger partial charge on any atom is 0.264 e. The van der Waals surface area contributed by atoms with Crippen molar-refractivity contribution in [1.82, 2.24) is 10.2 Å². The van der Waals surface area contributed by atoms with Crippen molar-refractivity contribution in [2.24, 2.45) is 0 Å². The first-order valence-electron chi connectivity index (χ1n) is 5.22. The zero-order valence-corrected chi connectivity index (χ0v) is 10.5. The Morgan fingerprint density at radius 2 is 2.33 bits per heavy atom. The van der Waals surface area contributed by atoms with Gasteiger partial charge in [-0.25, -0.2) is 0 Å². The largest absolute Gasteiger partial charge is 0.484 e. The molecule has 0 aliphatic rings. The zero-order chi connectivity index (χ0) is 13.0. The number of nitrogens with one attached hydrogen (secondary N) is 1. The fourth-order valence-electron chi connectivity index (χ4n) is 1.26. The molecule has 0 atom stereocenters. The summed E-state index contributed by atoms with van der Waals surface area (Å²) < 4.78 is 5.29. The summed E-state index contributed by atoms with van der Waals surface area (Å²) in [5, 5.41) is 11.4. The number of nitrogens with zero attached hydrogens (tertiary/aromatic N) is 2. The summed E-state index contributed by atoms with van der Waals surface area (Å²) in [6.45, 7) is 1.72. The van der Waals surface area contributed by atoms with Crippen LogP contribution in [0.3, 0.4) is 0 Å². The quantitative estimate of drug-likeness (QED) is 0.816. The Kier molecular flexibility index (Phi) is 3.73. The summed E-state index contributed by atoms with van der Waals surface area (Å²) in [7, 11) is 0. The van der Waals surface area contributed by atoms with Gasteiger partial charge in [-0.05, 0) is 19.1 Å². The number of aryl methyl sites for hydroxylation is 1. The second-order valence-electron chi connectivity index (χ2n) is 3.54. The number of anilines is 2. The van der Waals surface area contributed by atoms with Gasteiger partial charge in [-0.3, -0.25) is 10.1 Å². The number of hydrogen-bond donors (Lipinski definition) is 2. The Balaban J connectivity index is 1.85. The Hall–Kier alpha value is -2.15. The third-order valence-corrected chi connectivity index (χ3v) is 2.75. The molecule has 0 radical (unpaired) electrons.